The van der Waals surface area contributed by atoms with Crippen LogP contribution in [0.3, 0.4) is 0 Å². The van der Waals surface area contributed by atoms with Gasteiger partial charge in [0, 0.05) is 41.1 Å². The Hall–Kier alpha value is -2.27. The molecule has 0 saturated heterocycles. The van der Waals surface area contributed by atoms with Gasteiger partial charge in [-0.25, -0.2) is 0 Å². The third-order valence-electron chi connectivity index (χ3n) is 5.22. The molecule has 0 unspecified atom stereocenters. The van der Waals surface area contributed by atoms with Gasteiger partial charge in [0.1, 0.15) is 5.75 Å². The largest absolute Gasteiger partial charge is 0.493 e. The Morgan fingerprint density at radius 2 is 1.90 bits per heavy atom. The van der Waals surface area contributed by atoms with Crippen LogP contribution in [0.4, 0.5) is 0 Å². The monoisotopic (exact) mass is 441 g/mol. The molecule has 2 aromatic heterocycles. The number of nitrogens with one attached hydrogen (secondary N) is 2. The van der Waals surface area contributed by atoms with Crippen molar-refractivity contribution in [1.29, 1.82) is 0 Å². The summed E-state index contributed by atoms with van der Waals surface area (Å²) in [4.78, 5) is 7.71. The maximum atomic E-state index is 6.29. The van der Waals surface area contributed by atoms with E-state index in [9.17, 15) is 0 Å². The Bertz CT molecular complexity index is 1150. The van der Waals surface area contributed by atoms with Gasteiger partial charge < -0.3 is 15.0 Å². The Morgan fingerprint density at radius 3 is 2.77 bits per heavy atom. The molecule has 1 aliphatic rings. The molecule has 0 atom stereocenters. The van der Waals surface area contributed by atoms with Gasteiger partial charge in [-0.3, -0.25) is 4.98 Å². The molecule has 0 bridgehead atoms. The van der Waals surface area contributed by atoms with Crippen molar-refractivity contribution >= 4 is 45.0 Å². The highest BCUT2D eigenvalue weighted by Crippen LogP contribution is 2.35. The van der Waals surface area contributed by atoms with Gasteiger partial charge in [-0.05, 0) is 61.3 Å². The minimum atomic E-state index is 0.633. The zero-order valence-electron chi connectivity index (χ0n) is 17.0. The van der Waals surface area contributed by atoms with Crippen LogP contribution < -0.4 is 10.1 Å². The topological polar surface area (TPSA) is 49.9 Å². The first-order valence-electron chi connectivity index (χ1n) is 10.3. The molecule has 0 aliphatic carbocycles. The van der Waals surface area contributed by atoms with Crippen LogP contribution in [0.2, 0.25) is 10.0 Å². The van der Waals surface area contributed by atoms with Crippen LogP contribution in [0.5, 0.6) is 5.75 Å². The number of hydrogen-bond donors (Lipinski definition) is 2. The highest BCUT2D eigenvalue weighted by atomic mass is 35.5. The van der Waals surface area contributed by atoms with Crippen LogP contribution in [0, 0.1) is 0 Å². The molecular weight excluding hydrogens is 417 g/mol. The lowest BCUT2D eigenvalue weighted by atomic mass is 10.1. The molecule has 4 aromatic rings. The molecule has 0 radical (unpaired) electrons. The van der Waals surface area contributed by atoms with E-state index in [1.165, 1.54) is 11.3 Å². The predicted octanol–water partition coefficient (Wildman–Crippen LogP) is 6.19. The van der Waals surface area contributed by atoms with Gasteiger partial charge in [-0.2, -0.15) is 0 Å². The average Bonchev–Trinajstić information content (AvgIpc) is 2.97. The van der Waals surface area contributed by atoms with Crippen molar-refractivity contribution in [2.45, 2.75) is 26.2 Å². The lowest BCUT2D eigenvalue weighted by molar-refractivity contribution is 0.321. The van der Waals surface area contributed by atoms with Gasteiger partial charge in [-0.1, -0.05) is 36.2 Å². The molecule has 3 heterocycles. The van der Waals surface area contributed by atoms with Crippen LogP contribution in [-0.2, 0) is 12.8 Å². The van der Waals surface area contributed by atoms with E-state index >= 15 is 0 Å². The summed E-state index contributed by atoms with van der Waals surface area (Å²) >= 11 is 12.4. The number of halogens is 2. The van der Waals surface area contributed by atoms with Gasteiger partial charge in [0.15, 0.2) is 0 Å². The number of H-pyrrole nitrogens is 1. The molecule has 0 spiro atoms. The van der Waals surface area contributed by atoms with E-state index in [1.807, 2.05) is 42.5 Å². The fourth-order valence-corrected chi connectivity index (χ4v) is 4.23. The minimum absolute atomic E-state index is 0.633. The van der Waals surface area contributed by atoms with Gasteiger partial charge >= 0.3 is 0 Å². The molecular formula is C24H25Cl2N3O. The predicted molar refractivity (Wildman–Crippen MR) is 126 cm³/mol. The highest BCUT2D eigenvalue weighted by molar-refractivity contribution is 6.45. The second-order valence-electron chi connectivity index (χ2n) is 7.29. The Morgan fingerprint density at radius 1 is 1.03 bits per heavy atom. The maximum Gasteiger partial charge on any atom is 0.128 e. The summed E-state index contributed by atoms with van der Waals surface area (Å²) in [6.07, 6.45) is 4.86. The van der Waals surface area contributed by atoms with Crippen molar-refractivity contribution in [1.82, 2.24) is 15.3 Å². The number of ether oxygens (including phenoxy) is 1. The maximum absolute atomic E-state index is 6.29. The molecule has 6 heteroatoms. The van der Waals surface area contributed by atoms with Gasteiger partial charge in [0.2, 0.25) is 0 Å². The first-order chi connectivity index (χ1) is 14.7. The molecule has 5 rings (SSSR count). The Kier molecular flexibility index (Phi) is 6.78. The number of benzene rings is 2. The number of nitrogens with zero attached hydrogens (tertiary/aromatic N) is 1. The summed E-state index contributed by atoms with van der Waals surface area (Å²) in [5.41, 5.74) is 4.71. The fraction of sp³-hybridized carbons (Fsp3) is 0.292. The minimum Gasteiger partial charge on any atom is -0.493 e. The molecule has 30 heavy (non-hydrogen) atoms. The summed E-state index contributed by atoms with van der Waals surface area (Å²) < 4.78 is 5.63. The van der Waals surface area contributed by atoms with Gasteiger partial charge in [-0.15, -0.1) is 0 Å². The molecule has 0 amide bonds. The third kappa shape index (κ3) is 4.41. The molecule has 0 saturated carbocycles. The first kappa shape index (κ1) is 21.0. The zero-order chi connectivity index (χ0) is 20.9. The van der Waals surface area contributed by atoms with E-state index in [2.05, 4.69) is 22.2 Å². The molecule has 1 aliphatic heterocycles. The normalized spacial score (nSPS) is 13.4. The van der Waals surface area contributed by atoms with E-state index in [0.29, 0.717) is 10.0 Å². The summed E-state index contributed by atoms with van der Waals surface area (Å²) in [7, 11) is 0. The van der Waals surface area contributed by atoms with E-state index in [0.717, 1.165) is 66.5 Å². The van der Waals surface area contributed by atoms with Crippen LogP contribution >= 0.6 is 23.2 Å². The average molecular weight is 442 g/mol. The van der Waals surface area contributed by atoms with Crippen LogP contribution in [0.1, 0.15) is 24.6 Å². The van der Waals surface area contributed by atoms with Crippen molar-refractivity contribution in [2.24, 2.45) is 0 Å². The number of pyridine rings is 1. The van der Waals surface area contributed by atoms with Crippen molar-refractivity contribution < 1.29 is 4.74 Å². The summed E-state index contributed by atoms with van der Waals surface area (Å²) in [6, 6.07) is 13.8. The van der Waals surface area contributed by atoms with Gasteiger partial charge in [0.05, 0.1) is 22.2 Å². The molecule has 2 N–H and O–H groups in total. The smallest absolute Gasteiger partial charge is 0.128 e. The number of rotatable bonds is 3. The first-order valence-corrected chi connectivity index (χ1v) is 11.1. The van der Waals surface area contributed by atoms with Crippen molar-refractivity contribution in [3.63, 3.8) is 0 Å². The van der Waals surface area contributed by atoms with Gasteiger partial charge in [0.25, 0.3) is 0 Å². The van der Waals surface area contributed by atoms with E-state index < -0.39 is 0 Å². The molecule has 156 valence electrons. The van der Waals surface area contributed by atoms with Crippen molar-refractivity contribution in [3.8, 4) is 5.75 Å². The molecule has 4 nitrogen and oxygen atoms in total. The fourth-order valence-electron chi connectivity index (χ4n) is 3.79. The van der Waals surface area contributed by atoms with Crippen molar-refractivity contribution in [3.05, 3.63) is 70.0 Å². The second-order valence-corrected chi connectivity index (χ2v) is 8.08. The second kappa shape index (κ2) is 9.69. The standard InChI is InChI=1S/C12H12Cl2N2.C12H13NO/c13-8-1-2-10-11(12(8)14)7-3-5-15-6-4-9(7)16-10;1-2-9-14-12-7-3-6-11-10(12)5-4-8-13-11/h1-2,15-16H,3-6H2;3-8H,2,9H2,1H3. The van der Waals surface area contributed by atoms with E-state index in [4.69, 9.17) is 27.9 Å². The summed E-state index contributed by atoms with van der Waals surface area (Å²) in [5, 5.41) is 6.89. The molecule has 2 aromatic carbocycles. The summed E-state index contributed by atoms with van der Waals surface area (Å²) in [5.74, 6) is 0.928. The van der Waals surface area contributed by atoms with Crippen LogP contribution in [0.25, 0.3) is 21.8 Å². The van der Waals surface area contributed by atoms with Crippen LogP contribution in [0.15, 0.2) is 48.7 Å². The highest BCUT2D eigenvalue weighted by Gasteiger charge is 2.17. The molecule has 0 fully saturated rings. The lowest BCUT2D eigenvalue weighted by Crippen LogP contribution is -2.16. The van der Waals surface area contributed by atoms with E-state index in [1.54, 1.807) is 6.20 Å². The quantitative estimate of drug-likeness (QED) is 0.398. The zero-order valence-corrected chi connectivity index (χ0v) is 18.5. The number of aromatic amines is 1. The number of aromatic nitrogens is 2. The SMILES string of the molecule is CCCOc1cccc2ncccc12.Clc1ccc2[nH]c3c(c2c1Cl)CCNCC3. The summed E-state index contributed by atoms with van der Waals surface area (Å²) in [6.45, 7) is 4.88. The van der Waals surface area contributed by atoms with Crippen LogP contribution in [-0.4, -0.2) is 29.7 Å². The van der Waals surface area contributed by atoms with E-state index in [-0.39, 0.29) is 0 Å². The van der Waals surface area contributed by atoms with Crippen molar-refractivity contribution in [2.75, 3.05) is 19.7 Å². The number of hydrogen-bond acceptors (Lipinski definition) is 3. The third-order valence-corrected chi connectivity index (χ3v) is 6.02. The lowest BCUT2D eigenvalue weighted by Gasteiger charge is -2.06. The number of fused-ring (bicyclic) bond motifs is 4. The Balaban J connectivity index is 0.000000147. The Labute approximate surface area is 186 Å².